The van der Waals surface area contributed by atoms with E-state index < -0.39 is 16.1 Å². The van der Waals surface area contributed by atoms with Crippen LogP contribution < -0.4 is 4.72 Å². The van der Waals surface area contributed by atoms with Crippen molar-refractivity contribution >= 4 is 33.2 Å². The van der Waals surface area contributed by atoms with Gasteiger partial charge in [-0.3, -0.25) is 0 Å². The Hall–Kier alpha value is -1.05. The second-order valence-electron chi connectivity index (χ2n) is 4.39. The van der Waals surface area contributed by atoms with Crippen LogP contribution in [-0.2, 0) is 10.0 Å². The largest absolute Gasteiger partial charge is 0.464 e. The third kappa shape index (κ3) is 3.99. The minimum Gasteiger partial charge on any atom is -0.464 e. The van der Waals surface area contributed by atoms with Crippen LogP contribution in [0.1, 0.15) is 17.6 Å². The number of halogens is 2. The van der Waals surface area contributed by atoms with Crippen molar-refractivity contribution in [3.05, 3.63) is 51.9 Å². The maximum absolute atomic E-state index is 12.2. The van der Waals surface area contributed by atoms with Gasteiger partial charge in [-0.1, -0.05) is 23.2 Å². The number of rotatable bonds is 5. The van der Waals surface area contributed by atoms with Crippen molar-refractivity contribution in [3.63, 3.8) is 0 Å². The lowest BCUT2D eigenvalue weighted by molar-refractivity contribution is 0.152. The van der Waals surface area contributed by atoms with E-state index in [1.165, 1.54) is 18.2 Å². The maximum atomic E-state index is 12.2. The lowest BCUT2D eigenvalue weighted by Gasteiger charge is -2.11. The first kappa shape index (κ1) is 16.3. The molecule has 5 nitrogen and oxygen atoms in total. The summed E-state index contributed by atoms with van der Waals surface area (Å²) in [5.41, 5.74) is 0. The molecule has 1 aromatic carbocycles. The van der Waals surface area contributed by atoms with E-state index in [0.29, 0.717) is 5.76 Å². The molecule has 0 saturated heterocycles. The number of hydrogen-bond acceptors (Lipinski definition) is 4. The summed E-state index contributed by atoms with van der Waals surface area (Å²) in [4.78, 5) is -0.139. The van der Waals surface area contributed by atoms with E-state index in [4.69, 9.17) is 27.6 Å². The van der Waals surface area contributed by atoms with E-state index in [1.807, 2.05) is 0 Å². The highest BCUT2D eigenvalue weighted by Crippen LogP contribution is 2.25. The Labute approximate surface area is 132 Å². The second-order valence-corrected chi connectivity index (χ2v) is 6.97. The third-order valence-electron chi connectivity index (χ3n) is 2.74. The highest BCUT2D eigenvalue weighted by atomic mass is 35.5. The summed E-state index contributed by atoms with van der Waals surface area (Å²) in [7, 11) is -3.88. The van der Waals surface area contributed by atoms with Crippen LogP contribution in [0.25, 0.3) is 0 Å². The van der Waals surface area contributed by atoms with E-state index in [2.05, 4.69) is 4.72 Å². The predicted octanol–water partition coefficient (Wildman–Crippen LogP) is 2.91. The zero-order valence-electron chi connectivity index (χ0n) is 11.0. The molecule has 0 bridgehead atoms. The van der Waals surface area contributed by atoms with E-state index in [9.17, 15) is 13.5 Å². The van der Waals surface area contributed by atoms with E-state index in [0.717, 1.165) is 0 Å². The molecule has 0 saturated carbocycles. The van der Waals surface area contributed by atoms with Gasteiger partial charge in [0, 0.05) is 11.6 Å². The van der Waals surface area contributed by atoms with Gasteiger partial charge in [0.1, 0.15) is 22.5 Å². The predicted molar refractivity (Wildman–Crippen MR) is 80.1 cm³/mol. The van der Waals surface area contributed by atoms with Gasteiger partial charge in [-0.2, -0.15) is 0 Å². The molecule has 21 heavy (non-hydrogen) atoms. The number of aryl methyl sites for hydroxylation is 1. The van der Waals surface area contributed by atoms with Gasteiger partial charge < -0.3 is 9.52 Å². The van der Waals surface area contributed by atoms with Crippen molar-refractivity contribution in [2.45, 2.75) is 17.9 Å². The Bertz CT molecular complexity index is 742. The van der Waals surface area contributed by atoms with Crippen LogP contribution in [-0.4, -0.2) is 20.1 Å². The molecule has 2 aromatic rings. The van der Waals surface area contributed by atoms with E-state index in [1.54, 1.807) is 19.1 Å². The van der Waals surface area contributed by atoms with E-state index in [-0.39, 0.29) is 27.2 Å². The molecular weight excluding hydrogens is 337 g/mol. The van der Waals surface area contributed by atoms with Crippen LogP contribution in [0.2, 0.25) is 10.0 Å². The van der Waals surface area contributed by atoms with Crippen molar-refractivity contribution in [1.29, 1.82) is 0 Å². The fourth-order valence-electron chi connectivity index (χ4n) is 1.68. The summed E-state index contributed by atoms with van der Waals surface area (Å²) in [5, 5.41) is 10.2. The molecule has 114 valence electrons. The monoisotopic (exact) mass is 349 g/mol. The molecular formula is C13H13Cl2NO4S. The number of hydrogen-bond donors (Lipinski definition) is 2. The van der Waals surface area contributed by atoms with Gasteiger partial charge in [0.15, 0.2) is 0 Å². The fraction of sp³-hybridized carbons (Fsp3) is 0.231. The van der Waals surface area contributed by atoms with Gasteiger partial charge in [-0.25, -0.2) is 13.1 Å². The minimum absolute atomic E-state index is 0.0511. The number of nitrogens with one attached hydrogen (secondary N) is 1. The molecule has 0 aliphatic carbocycles. The smallest absolute Gasteiger partial charge is 0.242 e. The number of aliphatic hydroxyl groups excluding tert-OH is 1. The average molecular weight is 350 g/mol. The molecule has 1 aromatic heterocycles. The molecule has 1 atom stereocenters. The lowest BCUT2D eigenvalue weighted by Crippen LogP contribution is -2.28. The summed E-state index contributed by atoms with van der Waals surface area (Å²) in [5.74, 6) is 0.914. The number of furan rings is 1. The van der Waals surface area contributed by atoms with Crippen molar-refractivity contribution in [2.24, 2.45) is 0 Å². The summed E-state index contributed by atoms with van der Waals surface area (Å²) >= 11 is 11.6. The number of aliphatic hydroxyl groups is 1. The number of sulfonamides is 1. The Morgan fingerprint density at radius 1 is 1.29 bits per heavy atom. The van der Waals surface area contributed by atoms with Crippen LogP contribution in [0.5, 0.6) is 0 Å². The fourth-order valence-corrected chi connectivity index (χ4v) is 3.48. The Kier molecular flexibility index (Phi) is 4.95. The van der Waals surface area contributed by atoms with Crippen LogP contribution >= 0.6 is 23.2 Å². The molecule has 1 heterocycles. The first-order valence-corrected chi connectivity index (χ1v) is 8.22. The normalized spacial score (nSPS) is 13.3. The van der Waals surface area contributed by atoms with Crippen LogP contribution in [0.4, 0.5) is 0 Å². The molecule has 2 N–H and O–H groups in total. The molecule has 8 heteroatoms. The molecule has 0 aliphatic rings. The topological polar surface area (TPSA) is 79.5 Å². The zero-order chi connectivity index (χ0) is 15.6. The molecule has 0 amide bonds. The lowest BCUT2D eigenvalue weighted by atomic mass is 10.3. The zero-order valence-corrected chi connectivity index (χ0v) is 13.3. The van der Waals surface area contributed by atoms with Crippen molar-refractivity contribution < 1.29 is 17.9 Å². The van der Waals surface area contributed by atoms with Gasteiger partial charge in [0.05, 0.1) is 5.02 Å². The maximum Gasteiger partial charge on any atom is 0.242 e. The number of benzene rings is 1. The van der Waals surface area contributed by atoms with Gasteiger partial charge in [0.25, 0.3) is 0 Å². The van der Waals surface area contributed by atoms with Gasteiger partial charge in [-0.05, 0) is 37.3 Å². The molecule has 2 rings (SSSR count). The second kappa shape index (κ2) is 6.37. The van der Waals surface area contributed by atoms with Gasteiger partial charge in [-0.15, -0.1) is 0 Å². The standard InChI is InChI=1S/C13H13Cl2NO4S/c1-8-2-5-12(20-8)11(17)7-16-21(18,19)13-6-9(14)3-4-10(13)15/h2-6,11,16-17H,7H2,1H3. The first-order chi connectivity index (χ1) is 9.79. The molecule has 0 radical (unpaired) electrons. The van der Waals surface area contributed by atoms with Crippen molar-refractivity contribution in [2.75, 3.05) is 6.54 Å². The Morgan fingerprint density at radius 2 is 2.00 bits per heavy atom. The molecule has 0 aliphatic heterocycles. The summed E-state index contributed by atoms with van der Waals surface area (Å²) in [6.07, 6.45) is -1.09. The van der Waals surface area contributed by atoms with Gasteiger partial charge >= 0.3 is 0 Å². The minimum atomic E-state index is -3.88. The van der Waals surface area contributed by atoms with Crippen molar-refractivity contribution in [1.82, 2.24) is 4.72 Å². The highest BCUT2D eigenvalue weighted by molar-refractivity contribution is 7.89. The molecule has 1 unspecified atom stereocenters. The SMILES string of the molecule is Cc1ccc(C(O)CNS(=O)(=O)c2cc(Cl)ccc2Cl)o1. The van der Waals surface area contributed by atoms with E-state index >= 15 is 0 Å². The Morgan fingerprint density at radius 3 is 2.62 bits per heavy atom. The highest BCUT2D eigenvalue weighted by Gasteiger charge is 2.21. The van der Waals surface area contributed by atoms with Crippen LogP contribution in [0, 0.1) is 6.92 Å². The Balaban J connectivity index is 2.13. The quantitative estimate of drug-likeness (QED) is 0.869. The third-order valence-corrected chi connectivity index (χ3v) is 4.88. The van der Waals surface area contributed by atoms with Crippen LogP contribution in [0.3, 0.4) is 0 Å². The molecule has 0 spiro atoms. The average Bonchev–Trinajstić information content (AvgIpc) is 2.85. The summed E-state index contributed by atoms with van der Waals surface area (Å²) in [6.45, 7) is 1.49. The van der Waals surface area contributed by atoms with Crippen molar-refractivity contribution in [3.8, 4) is 0 Å². The van der Waals surface area contributed by atoms with Gasteiger partial charge in [0.2, 0.25) is 10.0 Å². The first-order valence-electron chi connectivity index (χ1n) is 5.99. The summed E-state index contributed by atoms with van der Waals surface area (Å²) < 4.78 is 31.8. The molecule has 0 fully saturated rings. The summed E-state index contributed by atoms with van der Waals surface area (Å²) in [6, 6.07) is 7.39. The van der Waals surface area contributed by atoms with Crippen LogP contribution in [0.15, 0.2) is 39.6 Å².